The fourth-order valence-electron chi connectivity index (χ4n) is 1.24. The van der Waals surface area contributed by atoms with Crippen molar-refractivity contribution in [3.8, 4) is 0 Å². The molecule has 0 aliphatic rings. The van der Waals surface area contributed by atoms with E-state index in [1.807, 2.05) is 0 Å². The van der Waals surface area contributed by atoms with Crippen molar-refractivity contribution in [2.45, 2.75) is 12.3 Å². The fraction of sp³-hybridized carbons (Fsp3) is 0.182. The highest BCUT2D eigenvalue weighted by atomic mass is 35.5. The molecule has 1 N–H and O–H groups in total. The second-order valence-corrected chi connectivity index (χ2v) is 3.40. The first-order chi connectivity index (χ1) is 6.65. The predicted molar refractivity (Wildman–Crippen MR) is 56.6 cm³/mol. The molecule has 1 atom stereocenters. The summed E-state index contributed by atoms with van der Waals surface area (Å²) in [5, 5.41) is 9.55. The third-order valence-electron chi connectivity index (χ3n) is 1.97. The van der Waals surface area contributed by atoms with Gasteiger partial charge in [0.05, 0.1) is 5.92 Å². The second-order valence-electron chi connectivity index (χ2n) is 2.97. The van der Waals surface area contributed by atoms with Crippen LogP contribution in [0, 0.1) is 0 Å². The Morgan fingerprint density at radius 1 is 1.50 bits per heavy atom. The van der Waals surface area contributed by atoms with Gasteiger partial charge < -0.3 is 5.11 Å². The molecule has 1 aromatic rings. The minimum atomic E-state index is -0.841. The third-order valence-corrected chi connectivity index (χ3v) is 2.22. The van der Waals surface area contributed by atoms with Gasteiger partial charge in [0.2, 0.25) is 0 Å². The first kappa shape index (κ1) is 10.8. The van der Waals surface area contributed by atoms with E-state index in [1.54, 1.807) is 30.3 Å². The molecule has 3 heteroatoms. The fourth-order valence-corrected chi connectivity index (χ4v) is 1.37. The van der Waals surface area contributed by atoms with Crippen LogP contribution >= 0.6 is 11.6 Å². The molecule has 1 rings (SSSR count). The molecule has 0 unspecified atom stereocenters. The molecule has 0 aliphatic carbocycles. The molecular weight excluding hydrogens is 200 g/mol. The molecule has 0 aromatic heterocycles. The highest BCUT2D eigenvalue weighted by Crippen LogP contribution is 2.22. The van der Waals surface area contributed by atoms with Crippen LogP contribution in [0.5, 0.6) is 0 Å². The molecule has 2 nitrogen and oxygen atoms in total. The Morgan fingerprint density at radius 2 is 2.07 bits per heavy atom. The van der Waals surface area contributed by atoms with Crippen LogP contribution in [0.1, 0.15) is 17.9 Å². The highest BCUT2D eigenvalue weighted by molar-refractivity contribution is 6.30. The van der Waals surface area contributed by atoms with E-state index in [9.17, 15) is 4.79 Å². The van der Waals surface area contributed by atoms with Crippen molar-refractivity contribution in [1.82, 2.24) is 0 Å². The molecule has 0 spiro atoms. The summed E-state index contributed by atoms with van der Waals surface area (Å²) < 4.78 is 0. The van der Waals surface area contributed by atoms with E-state index >= 15 is 0 Å². The summed E-state index contributed by atoms with van der Waals surface area (Å²) in [7, 11) is 0. The van der Waals surface area contributed by atoms with Crippen LogP contribution in [0.15, 0.2) is 36.9 Å². The number of aliphatic carboxylic acids is 1. The van der Waals surface area contributed by atoms with Crippen LogP contribution in [0.25, 0.3) is 0 Å². The van der Waals surface area contributed by atoms with E-state index in [-0.39, 0.29) is 0 Å². The maximum atomic E-state index is 10.9. The van der Waals surface area contributed by atoms with Gasteiger partial charge in [-0.2, -0.15) is 0 Å². The number of allylic oxidation sites excluding steroid dienone is 1. The van der Waals surface area contributed by atoms with Crippen molar-refractivity contribution in [1.29, 1.82) is 0 Å². The van der Waals surface area contributed by atoms with Gasteiger partial charge >= 0.3 is 5.97 Å². The van der Waals surface area contributed by atoms with E-state index in [0.717, 1.165) is 5.56 Å². The van der Waals surface area contributed by atoms with Crippen LogP contribution < -0.4 is 0 Å². The van der Waals surface area contributed by atoms with E-state index in [1.165, 1.54) is 0 Å². The maximum Gasteiger partial charge on any atom is 0.311 e. The van der Waals surface area contributed by atoms with Gasteiger partial charge in [-0.3, -0.25) is 4.79 Å². The lowest BCUT2D eigenvalue weighted by Gasteiger charge is -2.09. The summed E-state index contributed by atoms with van der Waals surface area (Å²) in [6.07, 6.45) is 2.03. The second kappa shape index (κ2) is 4.82. The Bertz CT molecular complexity index is 330. The maximum absolute atomic E-state index is 10.9. The van der Waals surface area contributed by atoms with Crippen LogP contribution in [0.4, 0.5) is 0 Å². The summed E-state index contributed by atoms with van der Waals surface area (Å²) in [4.78, 5) is 10.9. The molecular formula is C11H11ClO2. The molecule has 0 heterocycles. The number of carbonyl (C=O) groups is 1. The molecule has 0 radical (unpaired) electrons. The Kier molecular flexibility index (Phi) is 3.72. The van der Waals surface area contributed by atoms with E-state index in [4.69, 9.17) is 16.7 Å². The van der Waals surface area contributed by atoms with E-state index in [0.29, 0.717) is 11.4 Å². The zero-order chi connectivity index (χ0) is 10.6. The van der Waals surface area contributed by atoms with Gasteiger partial charge in [-0.05, 0) is 24.1 Å². The van der Waals surface area contributed by atoms with Gasteiger partial charge in [-0.25, -0.2) is 0 Å². The number of carboxylic acids is 1. The summed E-state index contributed by atoms with van der Waals surface area (Å²) in [6.45, 7) is 3.54. The molecule has 0 bridgehead atoms. The topological polar surface area (TPSA) is 37.3 Å². The normalized spacial score (nSPS) is 12.1. The standard InChI is InChI=1S/C11H11ClO2/c1-2-3-10(11(13)14)8-4-6-9(12)7-5-8/h2,4-7,10H,1,3H2,(H,13,14)/t10-/m0/s1. The van der Waals surface area contributed by atoms with Crippen LogP contribution in [0.2, 0.25) is 5.02 Å². The first-order valence-electron chi connectivity index (χ1n) is 4.24. The quantitative estimate of drug-likeness (QED) is 0.776. The summed E-state index contributed by atoms with van der Waals surface area (Å²) in [6, 6.07) is 6.83. The highest BCUT2D eigenvalue weighted by Gasteiger charge is 2.17. The van der Waals surface area contributed by atoms with Gasteiger partial charge in [0.25, 0.3) is 0 Å². The largest absolute Gasteiger partial charge is 0.481 e. The Morgan fingerprint density at radius 3 is 2.50 bits per heavy atom. The minimum absolute atomic E-state index is 0.428. The van der Waals surface area contributed by atoms with Crippen molar-refractivity contribution in [2.24, 2.45) is 0 Å². The number of halogens is 1. The molecule has 14 heavy (non-hydrogen) atoms. The Labute approximate surface area is 87.8 Å². The van der Waals surface area contributed by atoms with Crippen molar-refractivity contribution >= 4 is 17.6 Å². The van der Waals surface area contributed by atoms with Gasteiger partial charge in [0, 0.05) is 5.02 Å². The van der Waals surface area contributed by atoms with E-state index in [2.05, 4.69) is 6.58 Å². The summed E-state index contributed by atoms with van der Waals surface area (Å²) >= 11 is 5.71. The van der Waals surface area contributed by atoms with Gasteiger partial charge in [-0.1, -0.05) is 29.8 Å². The smallest absolute Gasteiger partial charge is 0.311 e. The number of carboxylic acid groups (broad SMARTS) is 1. The van der Waals surface area contributed by atoms with Crippen LogP contribution in [-0.4, -0.2) is 11.1 Å². The Balaban J connectivity index is 2.93. The number of benzene rings is 1. The molecule has 0 fully saturated rings. The summed E-state index contributed by atoms with van der Waals surface area (Å²) in [5.74, 6) is -1.36. The van der Waals surface area contributed by atoms with E-state index < -0.39 is 11.9 Å². The lowest BCUT2D eigenvalue weighted by molar-refractivity contribution is -0.138. The lowest BCUT2D eigenvalue weighted by atomic mass is 9.96. The Hall–Kier alpha value is -1.28. The number of hydrogen-bond acceptors (Lipinski definition) is 1. The van der Waals surface area contributed by atoms with Gasteiger partial charge in [0.1, 0.15) is 0 Å². The van der Waals surface area contributed by atoms with Gasteiger partial charge in [-0.15, -0.1) is 6.58 Å². The predicted octanol–water partition coefficient (Wildman–Crippen LogP) is 3.08. The SMILES string of the molecule is C=CC[C@H](C(=O)O)c1ccc(Cl)cc1. The van der Waals surface area contributed by atoms with Crippen LogP contribution in [-0.2, 0) is 4.79 Å². The number of hydrogen-bond donors (Lipinski definition) is 1. The van der Waals surface area contributed by atoms with Crippen molar-refractivity contribution in [3.05, 3.63) is 47.5 Å². The molecule has 74 valence electrons. The molecule has 0 aliphatic heterocycles. The van der Waals surface area contributed by atoms with Crippen molar-refractivity contribution in [3.63, 3.8) is 0 Å². The van der Waals surface area contributed by atoms with Gasteiger partial charge in [0.15, 0.2) is 0 Å². The summed E-state index contributed by atoms with van der Waals surface area (Å²) in [5.41, 5.74) is 0.752. The monoisotopic (exact) mass is 210 g/mol. The molecule has 0 amide bonds. The third kappa shape index (κ3) is 2.60. The number of rotatable bonds is 4. The zero-order valence-electron chi connectivity index (χ0n) is 7.61. The van der Waals surface area contributed by atoms with Crippen molar-refractivity contribution < 1.29 is 9.90 Å². The van der Waals surface area contributed by atoms with Crippen LogP contribution in [0.3, 0.4) is 0 Å². The average Bonchev–Trinajstić information content (AvgIpc) is 2.15. The minimum Gasteiger partial charge on any atom is -0.481 e. The molecule has 0 saturated heterocycles. The lowest BCUT2D eigenvalue weighted by Crippen LogP contribution is -2.10. The average molecular weight is 211 g/mol. The molecule has 1 aromatic carbocycles. The zero-order valence-corrected chi connectivity index (χ0v) is 8.37. The molecule has 0 saturated carbocycles. The first-order valence-corrected chi connectivity index (χ1v) is 4.62. The van der Waals surface area contributed by atoms with Crippen molar-refractivity contribution in [2.75, 3.05) is 0 Å².